The summed E-state index contributed by atoms with van der Waals surface area (Å²) in [6.45, 7) is 4.46. The van der Waals surface area contributed by atoms with Gasteiger partial charge in [0.05, 0.1) is 23.6 Å². The van der Waals surface area contributed by atoms with Gasteiger partial charge in [0.25, 0.3) is 5.56 Å². The highest BCUT2D eigenvalue weighted by Crippen LogP contribution is 2.31. The predicted molar refractivity (Wildman–Crippen MR) is 114 cm³/mol. The Bertz CT molecular complexity index is 1260. The first-order valence-electron chi connectivity index (χ1n) is 9.17. The van der Waals surface area contributed by atoms with Crippen molar-refractivity contribution in [2.45, 2.75) is 26.8 Å². The number of hydrogen-bond donors (Lipinski definition) is 0. The molecule has 4 nitrogen and oxygen atoms in total. The molecule has 0 N–H and O–H groups in total. The van der Waals surface area contributed by atoms with Crippen LogP contribution in [0.25, 0.3) is 21.3 Å². The normalized spacial score (nSPS) is 10.9. The molecule has 0 spiro atoms. The average molecular weight is 385 g/mol. The van der Waals surface area contributed by atoms with Crippen LogP contribution in [0.5, 0.6) is 0 Å². The van der Waals surface area contributed by atoms with Crippen LogP contribution in [0.4, 0.5) is 0 Å². The van der Waals surface area contributed by atoms with Gasteiger partial charge in [0.2, 0.25) is 0 Å². The molecule has 4 aromatic rings. The number of aromatic nitrogens is 2. The number of thiophene rings is 1. The number of hydrogen-bond acceptors (Lipinski definition) is 4. The van der Waals surface area contributed by atoms with Gasteiger partial charge in [-0.15, -0.1) is 11.3 Å². The molecule has 0 unspecified atom stereocenters. The molecule has 0 amide bonds. The fourth-order valence-corrected chi connectivity index (χ4v) is 4.32. The Kier molecular flexibility index (Phi) is 4.81. The number of nitrogens with zero attached hydrogens (tertiary/aromatic N) is 3. The molecule has 0 bridgehead atoms. The van der Waals surface area contributed by atoms with Crippen LogP contribution < -0.4 is 5.56 Å². The summed E-state index contributed by atoms with van der Waals surface area (Å²) in [4.78, 5) is 19.0. The lowest BCUT2D eigenvalue weighted by molar-refractivity contribution is 0.687. The largest absolute Gasteiger partial charge is 0.292 e. The lowest BCUT2D eigenvalue weighted by Gasteiger charge is -2.12. The molecule has 0 fully saturated rings. The van der Waals surface area contributed by atoms with E-state index in [9.17, 15) is 4.79 Å². The fraction of sp³-hybridized carbons (Fsp3) is 0.174. The second-order valence-corrected chi connectivity index (χ2v) is 7.64. The summed E-state index contributed by atoms with van der Waals surface area (Å²) in [7, 11) is 0. The van der Waals surface area contributed by atoms with Gasteiger partial charge < -0.3 is 0 Å². The standard InChI is InChI=1S/C23H19N3OS/c1-3-20-25-22-21(19(14-28-22)18-9-7-15(2)8-10-18)23(27)26(20)13-17-6-4-5-16(11-17)12-24/h4-11,14H,3,13H2,1-2H3. The Hall–Kier alpha value is -3.23. The van der Waals surface area contributed by atoms with Gasteiger partial charge in [0.1, 0.15) is 10.7 Å². The van der Waals surface area contributed by atoms with Gasteiger partial charge in [-0.3, -0.25) is 9.36 Å². The molecular weight excluding hydrogens is 366 g/mol. The van der Waals surface area contributed by atoms with E-state index >= 15 is 0 Å². The van der Waals surface area contributed by atoms with Crippen molar-refractivity contribution in [1.82, 2.24) is 9.55 Å². The van der Waals surface area contributed by atoms with Gasteiger partial charge in [-0.05, 0) is 30.2 Å². The lowest BCUT2D eigenvalue weighted by atomic mass is 10.0. The maximum absolute atomic E-state index is 13.5. The van der Waals surface area contributed by atoms with E-state index in [2.05, 4.69) is 18.2 Å². The van der Waals surface area contributed by atoms with E-state index in [4.69, 9.17) is 10.2 Å². The number of fused-ring (bicyclic) bond motifs is 1. The van der Waals surface area contributed by atoms with Gasteiger partial charge in [-0.1, -0.05) is 48.9 Å². The summed E-state index contributed by atoms with van der Waals surface area (Å²) in [5.74, 6) is 0.761. The summed E-state index contributed by atoms with van der Waals surface area (Å²) in [6, 6.07) is 17.7. The van der Waals surface area contributed by atoms with E-state index in [1.807, 2.05) is 49.6 Å². The molecule has 28 heavy (non-hydrogen) atoms. The molecule has 5 heteroatoms. The fourth-order valence-electron chi connectivity index (χ4n) is 3.37. The summed E-state index contributed by atoms with van der Waals surface area (Å²) in [5, 5.41) is 11.8. The lowest BCUT2D eigenvalue weighted by Crippen LogP contribution is -2.25. The van der Waals surface area contributed by atoms with Crippen molar-refractivity contribution in [3.05, 3.63) is 86.8 Å². The quantitative estimate of drug-likeness (QED) is 0.501. The van der Waals surface area contributed by atoms with Crippen molar-refractivity contribution in [3.8, 4) is 17.2 Å². The van der Waals surface area contributed by atoms with E-state index in [1.54, 1.807) is 10.6 Å². The SMILES string of the molecule is CCc1nc2scc(-c3ccc(C)cc3)c2c(=O)n1Cc1cccc(C#N)c1. The van der Waals surface area contributed by atoms with E-state index in [1.165, 1.54) is 16.9 Å². The first-order chi connectivity index (χ1) is 13.6. The number of benzene rings is 2. The average Bonchev–Trinajstić information content (AvgIpc) is 3.15. The Morgan fingerprint density at radius 1 is 1.18 bits per heavy atom. The van der Waals surface area contributed by atoms with Crippen molar-refractivity contribution in [2.75, 3.05) is 0 Å². The molecule has 0 aliphatic carbocycles. The minimum atomic E-state index is -0.0268. The van der Waals surface area contributed by atoms with Crippen molar-refractivity contribution in [3.63, 3.8) is 0 Å². The number of rotatable bonds is 4. The van der Waals surface area contributed by atoms with Crippen molar-refractivity contribution in [1.29, 1.82) is 5.26 Å². The molecule has 0 saturated carbocycles. The smallest absolute Gasteiger partial charge is 0.263 e. The first-order valence-corrected chi connectivity index (χ1v) is 10.1. The van der Waals surface area contributed by atoms with Crippen LogP contribution in [0.15, 0.2) is 58.7 Å². The molecule has 2 aromatic carbocycles. The third kappa shape index (κ3) is 3.23. The third-order valence-corrected chi connectivity index (χ3v) is 5.72. The van der Waals surface area contributed by atoms with Crippen molar-refractivity contribution in [2.24, 2.45) is 0 Å². The zero-order chi connectivity index (χ0) is 19.7. The molecule has 0 saturated heterocycles. The van der Waals surface area contributed by atoms with E-state index in [0.717, 1.165) is 27.3 Å². The zero-order valence-electron chi connectivity index (χ0n) is 15.8. The summed E-state index contributed by atoms with van der Waals surface area (Å²) >= 11 is 1.51. The minimum absolute atomic E-state index is 0.0268. The molecule has 4 rings (SSSR count). The molecule has 0 radical (unpaired) electrons. The number of aryl methyl sites for hydroxylation is 2. The van der Waals surface area contributed by atoms with E-state index in [0.29, 0.717) is 23.9 Å². The van der Waals surface area contributed by atoms with E-state index < -0.39 is 0 Å². The highest BCUT2D eigenvalue weighted by molar-refractivity contribution is 7.17. The Balaban J connectivity index is 1.89. The highest BCUT2D eigenvalue weighted by atomic mass is 32.1. The zero-order valence-corrected chi connectivity index (χ0v) is 16.6. The van der Waals surface area contributed by atoms with Crippen LogP contribution >= 0.6 is 11.3 Å². The Morgan fingerprint density at radius 3 is 2.68 bits per heavy atom. The molecule has 138 valence electrons. The topological polar surface area (TPSA) is 58.7 Å². The molecule has 2 aromatic heterocycles. The van der Waals surface area contributed by atoms with E-state index in [-0.39, 0.29) is 5.56 Å². The molecule has 2 heterocycles. The van der Waals surface area contributed by atoms with Crippen molar-refractivity contribution < 1.29 is 0 Å². The van der Waals surface area contributed by atoms with Gasteiger partial charge in [0, 0.05) is 17.4 Å². The minimum Gasteiger partial charge on any atom is -0.292 e. The predicted octanol–water partition coefficient (Wildman–Crippen LogP) is 4.92. The van der Waals surface area contributed by atoms with Gasteiger partial charge in [-0.25, -0.2) is 4.98 Å². The van der Waals surface area contributed by atoms with Crippen LogP contribution in [0.1, 0.15) is 29.4 Å². The summed E-state index contributed by atoms with van der Waals surface area (Å²) < 4.78 is 1.74. The van der Waals surface area contributed by atoms with Crippen LogP contribution in [-0.2, 0) is 13.0 Å². The second kappa shape index (κ2) is 7.41. The van der Waals surface area contributed by atoms with Gasteiger partial charge >= 0.3 is 0 Å². The maximum Gasteiger partial charge on any atom is 0.263 e. The Labute approximate surface area is 167 Å². The summed E-state index contributed by atoms with van der Waals surface area (Å²) in [6.07, 6.45) is 0.668. The van der Waals surface area contributed by atoms with Gasteiger partial charge in [0.15, 0.2) is 0 Å². The van der Waals surface area contributed by atoms with Crippen LogP contribution in [0, 0.1) is 18.3 Å². The molecule has 0 aliphatic rings. The maximum atomic E-state index is 13.5. The first kappa shape index (κ1) is 18.1. The van der Waals surface area contributed by atoms with Gasteiger partial charge in [-0.2, -0.15) is 5.26 Å². The van der Waals surface area contributed by atoms with Crippen LogP contribution in [0.3, 0.4) is 0 Å². The Morgan fingerprint density at radius 2 is 1.96 bits per heavy atom. The monoisotopic (exact) mass is 385 g/mol. The van der Waals surface area contributed by atoms with Crippen LogP contribution in [0.2, 0.25) is 0 Å². The molecule has 0 aliphatic heterocycles. The van der Waals surface area contributed by atoms with Crippen LogP contribution in [-0.4, -0.2) is 9.55 Å². The second-order valence-electron chi connectivity index (χ2n) is 6.78. The molecular formula is C23H19N3OS. The van der Waals surface area contributed by atoms with Crippen molar-refractivity contribution >= 4 is 21.6 Å². The number of nitriles is 1. The molecule has 0 atom stereocenters. The third-order valence-electron chi connectivity index (χ3n) is 4.85. The summed E-state index contributed by atoms with van der Waals surface area (Å²) in [5.41, 5.74) is 4.63. The highest BCUT2D eigenvalue weighted by Gasteiger charge is 2.16.